The van der Waals surface area contributed by atoms with E-state index < -0.39 is 0 Å². The highest BCUT2D eigenvalue weighted by atomic mass is 16.3. The van der Waals surface area contributed by atoms with E-state index in [1.807, 2.05) is 12.4 Å². The number of aliphatic hydroxyl groups is 1. The summed E-state index contributed by atoms with van der Waals surface area (Å²) in [6.07, 6.45) is 5.90. The summed E-state index contributed by atoms with van der Waals surface area (Å²) in [6, 6.07) is 0. The van der Waals surface area contributed by atoms with Crippen LogP contribution in [0.25, 0.3) is 0 Å². The van der Waals surface area contributed by atoms with E-state index in [0.29, 0.717) is 0 Å². The zero-order chi connectivity index (χ0) is 9.10. The molecule has 13 heavy (non-hydrogen) atoms. The van der Waals surface area contributed by atoms with Crippen molar-refractivity contribution in [1.82, 2.24) is 14.9 Å². The molecule has 0 aromatic carbocycles. The molecule has 1 saturated heterocycles. The average Bonchev–Trinajstić information content (AvgIpc) is 2.53. The van der Waals surface area contributed by atoms with Crippen molar-refractivity contribution in [2.24, 2.45) is 0 Å². The number of aromatic nitrogens is 2. The molecule has 1 N–H and O–H groups in total. The Morgan fingerprint density at radius 2 is 2.23 bits per heavy atom. The smallest absolute Gasteiger partial charge is 0.115 e. The first-order valence-corrected chi connectivity index (χ1v) is 4.49. The highest BCUT2D eigenvalue weighted by Gasteiger charge is 2.19. The van der Waals surface area contributed by atoms with Crippen molar-refractivity contribution in [3.8, 4) is 0 Å². The summed E-state index contributed by atoms with van der Waals surface area (Å²) in [5, 5.41) is 9.30. The van der Waals surface area contributed by atoms with E-state index in [9.17, 15) is 5.11 Å². The number of nitrogens with zero attached hydrogens (tertiary/aromatic N) is 3. The molecule has 0 bridgehead atoms. The number of hydrogen-bond donors (Lipinski definition) is 1. The van der Waals surface area contributed by atoms with E-state index in [2.05, 4.69) is 14.9 Å². The Kier molecular flexibility index (Phi) is 2.52. The van der Waals surface area contributed by atoms with Crippen molar-refractivity contribution in [3.63, 3.8) is 0 Å². The molecule has 4 nitrogen and oxygen atoms in total. The summed E-state index contributed by atoms with van der Waals surface area (Å²) in [5.74, 6) is 0. The Hall–Kier alpha value is -1.00. The summed E-state index contributed by atoms with van der Waals surface area (Å²) >= 11 is 0. The van der Waals surface area contributed by atoms with Gasteiger partial charge in [0.2, 0.25) is 0 Å². The molecule has 2 heterocycles. The summed E-state index contributed by atoms with van der Waals surface area (Å²) in [5.41, 5.74) is 1.11. The molecular weight excluding hydrogens is 166 g/mol. The van der Waals surface area contributed by atoms with E-state index in [1.54, 1.807) is 0 Å². The largest absolute Gasteiger partial charge is 0.392 e. The van der Waals surface area contributed by atoms with Crippen LogP contribution in [0.15, 0.2) is 18.7 Å². The maximum Gasteiger partial charge on any atom is 0.115 e. The van der Waals surface area contributed by atoms with Gasteiger partial charge in [-0.05, 0) is 6.42 Å². The predicted molar refractivity (Wildman–Crippen MR) is 47.9 cm³/mol. The van der Waals surface area contributed by atoms with Crippen molar-refractivity contribution in [2.75, 3.05) is 13.1 Å². The van der Waals surface area contributed by atoms with E-state index in [4.69, 9.17) is 0 Å². The van der Waals surface area contributed by atoms with Crippen molar-refractivity contribution in [1.29, 1.82) is 0 Å². The van der Waals surface area contributed by atoms with Gasteiger partial charge < -0.3 is 5.11 Å². The third-order valence-electron chi connectivity index (χ3n) is 2.27. The maximum atomic E-state index is 9.30. The van der Waals surface area contributed by atoms with Crippen molar-refractivity contribution in [2.45, 2.75) is 19.1 Å². The van der Waals surface area contributed by atoms with E-state index in [-0.39, 0.29) is 6.10 Å². The van der Waals surface area contributed by atoms with Crippen LogP contribution in [0, 0.1) is 0 Å². The minimum absolute atomic E-state index is 0.148. The number of rotatable bonds is 2. The van der Waals surface area contributed by atoms with Gasteiger partial charge in [-0.15, -0.1) is 0 Å². The fraction of sp³-hybridized carbons (Fsp3) is 0.556. The summed E-state index contributed by atoms with van der Waals surface area (Å²) < 4.78 is 0. The van der Waals surface area contributed by atoms with Crippen LogP contribution in [-0.4, -0.2) is 39.2 Å². The Bertz CT molecular complexity index is 265. The normalized spacial score (nSPS) is 23.6. The molecule has 1 aliphatic rings. The molecule has 1 aromatic rings. The van der Waals surface area contributed by atoms with Crippen molar-refractivity contribution < 1.29 is 5.11 Å². The standard InChI is InChI=1S/C9H13N3O/c13-9-1-2-12(6-9)5-8-3-10-7-11-4-8/h3-4,7,9,13H,1-2,5-6H2/t9-/m0/s1. The number of likely N-dealkylation sites (tertiary alicyclic amines) is 1. The van der Waals surface area contributed by atoms with E-state index >= 15 is 0 Å². The molecule has 0 radical (unpaired) electrons. The first-order valence-electron chi connectivity index (χ1n) is 4.49. The van der Waals surface area contributed by atoms with Gasteiger partial charge in [0.05, 0.1) is 6.10 Å². The summed E-state index contributed by atoms with van der Waals surface area (Å²) in [6.45, 7) is 2.59. The molecule has 70 valence electrons. The van der Waals surface area contributed by atoms with Crippen molar-refractivity contribution in [3.05, 3.63) is 24.3 Å². The third kappa shape index (κ3) is 2.23. The van der Waals surface area contributed by atoms with E-state index in [0.717, 1.165) is 31.6 Å². The molecule has 2 rings (SSSR count). The summed E-state index contributed by atoms with van der Waals surface area (Å²) in [4.78, 5) is 10.1. The topological polar surface area (TPSA) is 49.2 Å². The fourth-order valence-electron chi connectivity index (χ4n) is 1.63. The average molecular weight is 179 g/mol. The molecule has 1 aromatic heterocycles. The van der Waals surface area contributed by atoms with Crippen LogP contribution in [0.3, 0.4) is 0 Å². The molecule has 1 aliphatic heterocycles. The molecule has 1 atom stereocenters. The van der Waals surface area contributed by atoms with Gasteiger partial charge in [0.25, 0.3) is 0 Å². The first-order chi connectivity index (χ1) is 6.34. The van der Waals surface area contributed by atoms with Crippen LogP contribution in [0.4, 0.5) is 0 Å². The van der Waals surface area contributed by atoms with Gasteiger partial charge in [-0.25, -0.2) is 9.97 Å². The number of aliphatic hydroxyl groups excluding tert-OH is 1. The minimum Gasteiger partial charge on any atom is -0.392 e. The monoisotopic (exact) mass is 179 g/mol. The zero-order valence-corrected chi connectivity index (χ0v) is 7.43. The molecule has 4 heteroatoms. The van der Waals surface area contributed by atoms with Gasteiger partial charge in [0, 0.05) is 37.6 Å². The van der Waals surface area contributed by atoms with Crippen molar-refractivity contribution >= 4 is 0 Å². The van der Waals surface area contributed by atoms with E-state index in [1.165, 1.54) is 6.33 Å². The molecule has 0 unspecified atom stereocenters. The Labute approximate surface area is 77.2 Å². The maximum absolute atomic E-state index is 9.30. The second kappa shape index (κ2) is 3.81. The second-order valence-electron chi connectivity index (χ2n) is 3.42. The van der Waals surface area contributed by atoms with Gasteiger partial charge in [-0.3, -0.25) is 4.90 Å². The third-order valence-corrected chi connectivity index (χ3v) is 2.27. The summed E-state index contributed by atoms with van der Waals surface area (Å²) in [7, 11) is 0. The van der Waals surface area contributed by atoms with Gasteiger partial charge >= 0.3 is 0 Å². The van der Waals surface area contributed by atoms with Crippen LogP contribution in [0.1, 0.15) is 12.0 Å². The number of β-amino-alcohol motifs (C(OH)–C–C–N with tert-alkyl or cyclic N) is 1. The first kappa shape index (κ1) is 8.59. The SMILES string of the molecule is O[C@H]1CCN(Cc2cncnc2)C1. The van der Waals surface area contributed by atoms with Crippen LogP contribution >= 0.6 is 0 Å². The van der Waals surface area contributed by atoms with Crippen LogP contribution in [0.2, 0.25) is 0 Å². The lowest BCUT2D eigenvalue weighted by Crippen LogP contribution is -2.21. The minimum atomic E-state index is -0.148. The van der Waals surface area contributed by atoms with Crippen LogP contribution in [0.5, 0.6) is 0 Å². The van der Waals surface area contributed by atoms with Gasteiger partial charge in [0.1, 0.15) is 6.33 Å². The molecular formula is C9H13N3O. The predicted octanol–water partition coefficient (Wildman–Crippen LogP) is 0.0432. The second-order valence-corrected chi connectivity index (χ2v) is 3.42. The van der Waals surface area contributed by atoms with Gasteiger partial charge in [-0.2, -0.15) is 0 Å². The highest BCUT2D eigenvalue weighted by Crippen LogP contribution is 2.11. The molecule has 0 spiro atoms. The highest BCUT2D eigenvalue weighted by molar-refractivity contribution is 5.02. The Morgan fingerprint density at radius 1 is 1.46 bits per heavy atom. The molecule has 1 fully saturated rings. The fourth-order valence-corrected chi connectivity index (χ4v) is 1.63. The Morgan fingerprint density at radius 3 is 2.85 bits per heavy atom. The lowest BCUT2D eigenvalue weighted by Gasteiger charge is -2.13. The lowest BCUT2D eigenvalue weighted by molar-refractivity contribution is 0.174. The van der Waals surface area contributed by atoms with Gasteiger partial charge in [-0.1, -0.05) is 0 Å². The Balaban J connectivity index is 1.92. The molecule has 0 aliphatic carbocycles. The lowest BCUT2D eigenvalue weighted by atomic mass is 10.3. The van der Waals surface area contributed by atoms with Gasteiger partial charge in [0.15, 0.2) is 0 Å². The van der Waals surface area contributed by atoms with Crippen LogP contribution in [-0.2, 0) is 6.54 Å². The number of hydrogen-bond acceptors (Lipinski definition) is 4. The molecule has 0 amide bonds. The van der Waals surface area contributed by atoms with Crippen LogP contribution < -0.4 is 0 Å². The zero-order valence-electron chi connectivity index (χ0n) is 7.43. The molecule has 0 saturated carbocycles. The quantitative estimate of drug-likeness (QED) is 0.696.